The molecular weight excluding hydrogens is 284 g/mol. The van der Waals surface area contributed by atoms with Crippen molar-refractivity contribution in [2.75, 3.05) is 0 Å². The Kier molecular flexibility index (Phi) is 4.60. The molecule has 112 valence electrons. The second kappa shape index (κ2) is 6.62. The van der Waals surface area contributed by atoms with E-state index in [1.54, 1.807) is 11.8 Å². The summed E-state index contributed by atoms with van der Waals surface area (Å²) in [7, 11) is 0. The zero-order chi connectivity index (χ0) is 14.7. The van der Waals surface area contributed by atoms with E-state index in [1.807, 2.05) is 0 Å². The first kappa shape index (κ1) is 14.6. The molecule has 21 heavy (non-hydrogen) atoms. The molecule has 1 fully saturated rings. The first-order chi connectivity index (χ1) is 10.2. The van der Waals surface area contributed by atoms with E-state index in [-0.39, 0.29) is 6.10 Å². The van der Waals surface area contributed by atoms with Crippen molar-refractivity contribution in [1.29, 1.82) is 0 Å². The monoisotopic (exact) mass is 304 g/mol. The van der Waals surface area contributed by atoms with Gasteiger partial charge in [0.1, 0.15) is 0 Å². The molecule has 0 spiro atoms. The predicted octanol–water partition coefficient (Wildman–Crippen LogP) is 3.69. The molecule has 1 aromatic carbocycles. The molecule has 0 aliphatic heterocycles. The van der Waals surface area contributed by atoms with Gasteiger partial charge in [-0.25, -0.2) is 0 Å². The highest BCUT2D eigenvalue weighted by Crippen LogP contribution is 2.32. The van der Waals surface area contributed by atoms with Gasteiger partial charge in [-0.2, -0.15) is 4.98 Å². The van der Waals surface area contributed by atoms with Gasteiger partial charge < -0.3 is 9.63 Å². The Labute approximate surface area is 129 Å². The number of rotatable bonds is 4. The molecule has 0 atom stereocenters. The Morgan fingerprint density at radius 2 is 2.10 bits per heavy atom. The zero-order valence-electron chi connectivity index (χ0n) is 12.2. The van der Waals surface area contributed by atoms with E-state index in [4.69, 9.17) is 4.52 Å². The second-order valence-electron chi connectivity index (χ2n) is 5.66. The van der Waals surface area contributed by atoms with Crippen LogP contribution in [0.1, 0.15) is 48.9 Å². The van der Waals surface area contributed by atoms with Gasteiger partial charge in [-0.1, -0.05) is 22.9 Å². The van der Waals surface area contributed by atoms with Crippen molar-refractivity contribution >= 4 is 11.8 Å². The zero-order valence-corrected chi connectivity index (χ0v) is 13.0. The quantitative estimate of drug-likeness (QED) is 0.873. The van der Waals surface area contributed by atoms with E-state index in [1.165, 1.54) is 10.5 Å². The number of hydrogen-bond acceptors (Lipinski definition) is 5. The van der Waals surface area contributed by atoms with Gasteiger partial charge in [0.2, 0.25) is 5.89 Å². The number of aromatic nitrogens is 2. The summed E-state index contributed by atoms with van der Waals surface area (Å²) in [5.74, 6) is 2.53. The minimum atomic E-state index is -0.152. The largest absolute Gasteiger partial charge is 0.393 e. The molecule has 0 radical (unpaired) electrons. The smallest absolute Gasteiger partial charge is 0.229 e. The Morgan fingerprint density at radius 1 is 1.29 bits per heavy atom. The van der Waals surface area contributed by atoms with Crippen LogP contribution in [0.25, 0.3) is 0 Å². The molecule has 1 heterocycles. The fourth-order valence-electron chi connectivity index (χ4n) is 2.67. The molecule has 5 heteroatoms. The van der Waals surface area contributed by atoms with Gasteiger partial charge in [0.25, 0.3) is 0 Å². The summed E-state index contributed by atoms with van der Waals surface area (Å²) in [6.45, 7) is 2.09. The van der Waals surface area contributed by atoms with E-state index in [0.29, 0.717) is 5.92 Å². The molecular formula is C16H20N2O2S. The molecule has 1 aliphatic carbocycles. The SMILES string of the molecule is Cc1cccc(SCc2noc(C3CCC(O)CC3)n2)c1. The number of nitrogens with zero attached hydrogens (tertiary/aromatic N) is 2. The van der Waals surface area contributed by atoms with Crippen LogP contribution in [0.15, 0.2) is 33.7 Å². The maximum atomic E-state index is 9.54. The summed E-state index contributed by atoms with van der Waals surface area (Å²) < 4.78 is 5.40. The number of aliphatic hydroxyl groups excluding tert-OH is 1. The maximum Gasteiger partial charge on any atom is 0.229 e. The molecule has 1 N–H and O–H groups in total. The lowest BCUT2D eigenvalue weighted by atomic mass is 9.87. The van der Waals surface area contributed by atoms with E-state index < -0.39 is 0 Å². The van der Waals surface area contributed by atoms with Gasteiger partial charge >= 0.3 is 0 Å². The maximum absolute atomic E-state index is 9.54. The fourth-order valence-corrected chi connectivity index (χ4v) is 3.52. The van der Waals surface area contributed by atoms with E-state index in [0.717, 1.165) is 43.2 Å². The standard InChI is InChI=1S/C16H20N2O2S/c1-11-3-2-4-14(9-11)21-10-15-17-16(20-18-15)12-5-7-13(19)8-6-12/h2-4,9,12-13,19H,5-8,10H2,1H3. The highest BCUT2D eigenvalue weighted by atomic mass is 32.2. The highest BCUT2D eigenvalue weighted by molar-refractivity contribution is 7.98. The molecule has 1 aromatic heterocycles. The van der Waals surface area contributed by atoms with Crippen molar-refractivity contribution in [3.05, 3.63) is 41.5 Å². The first-order valence-electron chi connectivity index (χ1n) is 7.41. The van der Waals surface area contributed by atoms with Gasteiger partial charge in [-0.05, 0) is 44.7 Å². The van der Waals surface area contributed by atoms with Crippen LogP contribution in [0.2, 0.25) is 0 Å². The number of aliphatic hydroxyl groups is 1. The fraction of sp³-hybridized carbons (Fsp3) is 0.500. The summed E-state index contributed by atoms with van der Waals surface area (Å²) in [5.41, 5.74) is 1.26. The Bertz CT molecular complexity index is 591. The lowest BCUT2D eigenvalue weighted by Crippen LogP contribution is -2.17. The summed E-state index contributed by atoms with van der Waals surface area (Å²) in [6, 6.07) is 8.41. The highest BCUT2D eigenvalue weighted by Gasteiger charge is 2.25. The molecule has 2 aromatic rings. The Balaban J connectivity index is 1.58. The molecule has 0 amide bonds. The Hall–Kier alpha value is -1.33. The molecule has 0 saturated heterocycles. The average molecular weight is 304 g/mol. The molecule has 1 saturated carbocycles. The van der Waals surface area contributed by atoms with Gasteiger partial charge in [-0.3, -0.25) is 0 Å². The van der Waals surface area contributed by atoms with Crippen molar-refractivity contribution in [2.24, 2.45) is 0 Å². The number of aryl methyl sites for hydroxylation is 1. The van der Waals surface area contributed by atoms with Crippen LogP contribution in [0.4, 0.5) is 0 Å². The third kappa shape index (κ3) is 3.86. The third-order valence-corrected chi connectivity index (χ3v) is 4.88. The van der Waals surface area contributed by atoms with Crippen molar-refractivity contribution in [1.82, 2.24) is 10.1 Å². The topological polar surface area (TPSA) is 59.2 Å². The van der Waals surface area contributed by atoms with E-state index >= 15 is 0 Å². The van der Waals surface area contributed by atoms with Crippen LogP contribution >= 0.6 is 11.8 Å². The summed E-state index contributed by atoms with van der Waals surface area (Å²) in [4.78, 5) is 5.74. The number of benzene rings is 1. The van der Waals surface area contributed by atoms with Gasteiger partial charge in [0, 0.05) is 10.8 Å². The van der Waals surface area contributed by atoms with Crippen molar-refractivity contribution in [2.45, 2.75) is 55.3 Å². The summed E-state index contributed by atoms with van der Waals surface area (Å²) in [5, 5.41) is 13.6. The van der Waals surface area contributed by atoms with Crippen molar-refractivity contribution in [3.63, 3.8) is 0 Å². The second-order valence-corrected chi connectivity index (χ2v) is 6.71. The van der Waals surface area contributed by atoms with E-state index in [9.17, 15) is 5.11 Å². The number of thioether (sulfide) groups is 1. The summed E-state index contributed by atoms with van der Waals surface area (Å²) in [6.07, 6.45) is 3.39. The van der Waals surface area contributed by atoms with Crippen LogP contribution in [0.3, 0.4) is 0 Å². The lowest BCUT2D eigenvalue weighted by molar-refractivity contribution is 0.116. The third-order valence-electron chi connectivity index (χ3n) is 3.89. The normalized spacial score (nSPS) is 22.4. The first-order valence-corrected chi connectivity index (χ1v) is 8.39. The van der Waals surface area contributed by atoms with Crippen LogP contribution in [0.5, 0.6) is 0 Å². The van der Waals surface area contributed by atoms with Crippen molar-refractivity contribution in [3.8, 4) is 0 Å². The van der Waals surface area contributed by atoms with Crippen LogP contribution in [-0.4, -0.2) is 21.4 Å². The van der Waals surface area contributed by atoms with Crippen LogP contribution < -0.4 is 0 Å². The predicted molar refractivity (Wildman–Crippen MR) is 82.3 cm³/mol. The lowest BCUT2D eigenvalue weighted by Gasteiger charge is -2.22. The van der Waals surface area contributed by atoms with Crippen LogP contribution in [0, 0.1) is 6.92 Å². The average Bonchev–Trinajstić information content (AvgIpc) is 2.95. The molecule has 0 unspecified atom stereocenters. The molecule has 1 aliphatic rings. The Morgan fingerprint density at radius 3 is 2.86 bits per heavy atom. The summed E-state index contributed by atoms with van der Waals surface area (Å²) >= 11 is 1.72. The minimum absolute atomic E-state index is 0.152. The van der Waals surface area contributed by atoms with Crippen molar-refractivity contribution < 1.29 is 9.63 Å². The minimum Gasteiger partial charge on any atom is -0.393 e. The molecule has 4 nitrogen and oxygen atoms in total. The molecule has 3 rings (SSSR count). The van der Waals surface area contributed by atoms with Crippen LogP contribution in [-0.2, 0) is 5.75 Å². The number of hydrogen-bond donors (Lipinski definition) is 1. The van der Waals surface area contributed by atoms with E-state index in [2.05, 4.69) is 41.3 Å². The van der Waals surface area contributed by atoms with Gasteiger partial charge in [-0.15, -0.1) is 11.8 Å². The molecule has 0 bridgehead atoms. The van der Waals surface area contributed by atoms with Gasteiger partial charge in [0.15, 0.2) is 5.82 Å². The van der Waals surface area contributed by atoms with Gasteiger partial charge in [0.05, 0.1) is 11.9 Å².